The molecule has 1 heterocycles. The Morgan fingerprint density at radius 1 is 1.50 bits per heavy atom. The highest BCUT2D eigenvalue weighted by molar-refractivity contribution is 5.58. The van der Waals surface area contributed by atoms with Crippen LogP contribution in [0.25, 0.3) is 6.08 Å². The number of nitrogens with one attached hydrogen (secondary N) is 1. The summed E-state index contributed by atoms with van der Waals surface area (Å²) in [6, 6.07) is 1.92. The number of rotatable bonds is 0. The summed E-state index contributed by atoms with van der Waals surface area (Å²) in [4.78, 5) is 13.7. The monoisotopic (exact) mass is 133 g/mol. The predicted molar refractivity (Wildman–Crippen MR) is 39.8 cm³/mol. The fourth-order valence-corrected chi connectivity index (χ4v) is 1.20. The third-order valence-electron chi connectivity index (χ3n) is 1.72. The van der Waals surface area contributed by atoms with Crippen molar-refractivity contribution >= 4 is 6.08 Å². The average Bonchev–Trinajstić information content (AvgIpc) is 2.36. The molecular formula is C8H7NO. The van der Waals surface area contributed by atoms with Crippen LogP contribution in [0.15, 0.2) is 23.1 Å². The van der Waals surface area contributed by atoms with Crippen LogP contribution in [0.3, 0.4) is 0 Å². The van der Waals surface area contributed by atoms with E-state index in [4.69, 9.17) is 0 Å². The zero-order valence-electron chi connectivity index (χ0n) is 5.42. The Bertz CT molecular complexity index is 335. The first kappa shape index (κ1) is 5.47. The maximum absolute atomic E-state index is 11.0. The molecule has 0 saturated carbocycles. The Labute approximate surface area is 58.2 Å². The van der Waals surface area contributed by atoms with Crippen LogP contribution in [-0.2, 0) is 6.42 Å². The van der Waals surface area contributed by atoms with Gasteiger partial charge in [0.2, 0.25) is 0 Å². The Morgan fingerprint density at radius 2 is 2.40 bits per heavy atom. The van der Waals surface area contributed by atoms with E-state index in [0.29, 0.717) is 0 Å². The first-order valence-electron chi connectivity index (χ1n) is 3.25. The number of aromatic amines is 1. The van der Waals surface area contributed by atoms with Gasteiger partial charge in [0.05, 0.1) is 0 Å². The third-order valence-corrected chi connectivity index (χ3v) is 1.72. The van der Waals surface area contributed by atoms with Crippen LogP contribution in [0.4, 0.5) is 0 Å². The molecule has 0 aliphatic heterocycles. The summed E-state index contributed by atoms with van der Waals surface area (Å²) in [5.41, 5.74) is 1.99. The summed E-state index contributed by atoms with van der Waals surface area (Å²) in [6.07, 6.45) is 6.44. The SMILES string of the molecule is O=c1[nH]ccc2c1CC=C2. The predicted octanol–water partition coefficient (Wildman–Crippen LogP) is 0.944. The van der Waals surface area contributed by atoms with Gasteiger partial charge in [-0.25, -0.2) is 0 Å². The second-order valence-electron chi connectivity index (χ2n) is 2.35. The Hall–Kier alpha value is -1.31. The minimum Gasteiger partial charge on any atom is -0.329 e. The van der Waals surface area contributed by atoms with Crippen LogP contribution in [0.2, 0.25) is 0 Å². The molecule has 1 aliphatic carbocycles. The molecule has 0 radical (unpaired) electrons. The molecular weight excluding hydrogens is 126 g/mol. The van der Waals surface area contributed by atoms with Crippen LogP contribution in [-0.4, -0.2) is 4.98 Å². The number of hydrogen-bond donors (Lipinski definition) is 1. The van der Waals surface area contributed by atoms with Crippen LogP contribution >= 0.6 is 0 Å². The Balaban J connectivity index is 2.77. The van der Waals surface area contributed by atoms with E-state index in [-0.39, 0.29) is 5.56 Å². The smallest absolute Gasteiger partial charge is 0.252 e. The third kappa shape index (κ3) is 0.620. The lowest BCUT2D eigenvalue weighted by molar-refractivity contribution is 1.14. The van der Waals surface area contributed by atoms with E-state index < -0.39 is 0 Å². The highest BCUT2D eigenvalue weighted by atomic mass is 16.1. The number of allylic oxidation sites excluding steroid dienone is 1. The molecule has 2 rings (SSSR count). The molecule has 0 unspecified atom stereocenters. The molecule has 0 saturated heterocycles. The van der Waals surface area contributed by atoms with E-state index in [9.17, 15) is 4.79 Å². The number of pyridine rings is 1. The summed E-state index contributed by atoms with van der Waals surface area (Å²) in [5, 5.41) is 0. The lowest BCUT2D eigenvalue weighted by atomic mass is 10.2. The van der Waals surface area contributed by atoms with Crippen molar-refractivity contribution in [3.63, 3.8) is 0 Å². The molecule has 0 atom stereocenters. The second kappa shape index (κ2) is 1.84. The van der Waals surface area contributed by atoms with E-state index in [1.54, 1.807) is 6.20 Å². The van der Waals surface area contributed by atoms with E-state index in [0.717, 1.165) is 17.5 Å². The molecule has 0 aromatic carbocycles. The summed E-state index contributed by atoms with van der Waals surface area (Å²) in [7, 11) is 0. The van der Waals surface area contributed by atoms with Crippen molar-refractivity contribution in [2.75, 3.05) is 0 Å². The molecule has 0 spiro atoms. The summed E-state index contributed by atoms with van der Waals surface area (Å²) in [6.45, 7) is 0. The lowest BCUT2D eigenvalue weighted by Crippen LogP contribution is -2.10. The normalized spacial score (nSPS) is 13.6. The van der Waals surface area contributed by atoms with Gasteiger partial charge in [-0.2, -0.15) is 0 Å². The summed E-state index contributed by atoms with van der Waals surface area (Å²) in [5.74, 6) is 0. The van der Waals surface area contributed by atoms with Crippen molar-refractivity contribution in [2.24, 2.45) is 0 Å². The van der Waals surface area contributed by atoms with Crippen molar-refractivity contribution in [1.82, 2.24) is 4.98 Å². The average molecular weight is 133 g/mol. The number of hydrogen-bond acceptors (Lipinski definition) is 1. The molecule has 10 heavy (non-hydrogen) atoms. The van der Waals surface area contributed by atoms with Gasteiger partial charge in [-0.05, 0) is 18.1 Å². The molecule has 1 N–H and O–H groups in total. The van der Waals surface area contributed by atoms with Crippen molar-refractivity contribution in [3.8, 4) is 0 Å². The van der Waals surface area contributed by atoms with Crippen LogP contribution in [0.1, 0.15) is 11.1 Å². The minimum atomic E-state index is 0.0440. The topological polar surface area (TPSA) is 32.9 Å². The van der Waals surface area contributed by atoms with Gasteiger partial charge in [0, 0.05) is 11.8 Å². The van der Waals surface area contributed by atoms with Gasteiger partial charge in [-0.15, -0.1) is 0 Å². The molecule has 0 amide bonds. The van der Waals surface area contributed by atoms with E-state index in [1.807, 2.05) is 18.2 Å². The van der Waals surface area contributed by atoms with Crippen molar-refractivity contribution < 1.29 is 0 Å². The molecule has 0 fully saturated rings. The number of H-pyrrole nitrogens is 1. The molecule has 1 aliphatic rings. The maximum Gasteiger partial charge on any atom is 0.252 e. The molecule has 0 bridgehead atoms. The molecule has 2 nitrogen and oxygen atoms in total. The molecule has 2 heteroatoms. The zero-order chi connectivity index (χ0) is 6.97. The van der Waals surface area contributed by atoms with Gasteiger partial charge in [0.25, 0.3) is 5.56 Å². The molecule has 1 aromatic heterocycles. The standard InChI is InChI=1S/C8H7NO/c10-8-7-3-1-2-6(7)4-5-9-8/h1-2,4-5H,3H2,(H,9,10). The largest absolute Gasteiger partial charge is 0.329 e. The second-order valence-corrected chi connectivity index (χ2v) is 2.35. The van der Waals surface area contributed by atoms with Gasteiger partial charge < -0.3 is 4.98 Å². The first-order valence-corrected chi connectivity index (χ1v) is 3.25. The quantitative estimate of drug-likeness (QED) is 0.561. The lowest BCUT2D eigenvalue weighted by Gasteiger charge is -1.92. The van der Waals surface area contributed by atoms with Crippen molar-refractivity contribution in [3.05, 3.63) is 39.8 Å². The van der Waals surface area contributed by atoms with Crippen LogP contribution in [0, 0.1) is 0 Å². The van der Waals surface area contributed by atoms with Crippen LogP contribution < -0.4 is 5.56 Å². The highest BCUT2D eigenvalue weighted by Gasteiger charge is 2.06. The maximum atomic E-state index is 11.0. The van der Waals surface area contributed by atoms with Crippen molar-refractivity contribution in [2.45, 2.75) is 6.42 Å². The fourth-order valence-electron chi connectivity index (χ4n) is 1.20. The molecule has 50 valence electrons. The minimum absolute atomic E-state index is 0.0440. The highest BCUT2D eigenvalue weighted by Crippen LogP contribution is 2.13. The van der Waals surface area contributed by atoms with Gasteiger partial charge >= 0.3 is 0 Å². The van der Waals surface area contributed by atoms with Crippen LogP contribution in [0.5, 0.6) is 0 Å². The number of aromatic nitrogens is 1. The fraction of sp³-hybridized carbons (Fsp3) is 0.125. The summed E-state index contributed by atoms with van der Waals surface area (Å²) >= 11 is 0. The number of fused-ring (bicyclic) bond motifs is 1. The molecule has 1 aromatic rings. The first-order chi connectivity index (χ1) is 4.88. The van der Waals surface area contributed by atoms with Gasteiger partial charge in [-0.3, -0.25) is 4.79 Å². The van der Waals surface area contributed by atoms with E-state index in [2.05, 4.69) is 4.98 Å². The van der Waals surface area contributed by atoms with Crippen molar-refractivity contribution in [1.29, 1.82) is 0 Å². The Morgan fingerprint density at radius 3 is 3.20 bits per heavy atom. The van der Waals surface area contributed by atoms with Gasteiger partial charge in [0.1, 0.15) is 0 Å². The van der Waals surface area contributed by atoms with E-state index >= 15 is 0 Å². The summed E-state index contributed by atoms with van der Waals surface area (Å²) < 4.78 is 0. The van der Waals surface area contributed by atoms with Gasteiger partial charge in [0.15, 0.2) is 0 Å². The Kier molecular flexibility index (Phi) is 1.01. The van der Waals surface area contributed by atoms with E-state index in [1.165, 1.54) is 0 Å². The van der Waals surface area contributed by atoms with Gasteiger partial charge in [-0.1, -0.05) is 12.2 Å². The zero-order valence-corrected chi connectivity index (χ0v) is 5.42.